The predicted molar refractivity (Wildman–Crippen MR) is 233 cm³/mol. The second-order valence-corrected chi connectivity index (χ2v) is 23.4. The van der Waals surface area contributed by atoms with E-state index >= 15 is 0 Å². The summed E-state index contributed by atoms with van der Waals surface area (Å²) in [5.74, 6) is 1.50. The highest BCUT2D eigenvalue weighted by Gasteiger charge is 2.51. The number of fused-ring (bicyclic) bond motifs is 1. The Kier molecular flexibility index (Phi) is 12.7. The van der Waals surface area contributed by atoms with Crippen molar-refractivity contribution in [3.63, 3.8) is 0 Å². The summed E-state index contributed by atoms with van der Waals surface area (Å²) in [6, 6.07) is 15.6. The Morgan fingerprint density at radius 3 is 2.25 bits per heavy atom. The molecule has 6 rings (SSSR count). The molecule has 0 unspecified atom stereocenters. The van der Waals surface area contributed by atoms with E-state index in [2.05, 4.69) is 73.8 Å². The highest BCUT2D eigenvalue weighted by atomic mass is 35.5. The molecule has 1 aliphatic heterocycles. The normalized spacial score (nSPS) is 17.3. The Morgan fingerprint density at radius 2 is 1.71 bits per heavy atom. The number of halogens is 1. The second-order valence-electron chi connectivity index (χ2n) is 17.6. The summed E-state index contributed by atoms with van der Waals surface area (Å²) in [6.07, 6.45) is 2.50. The van der Waals surface area contributed by atoms with Gasteiger partial charge in [0.05, 0.1) is 53.5 Å². The van der Waals surface area contributed by atoms with Gasteiger partial charge in [0.1, 0.15) is 11.8 Å². The average molecular weight is 842 g/mol. The summed E-state index contributed by atoms with van der Waals surface area (Å²) in [4.78, 5) is 28.4. The zero-order chi connectivity index (χ0) is 43.0. The maximum Gasteiger partial charge on any atom is 0.408 e. The first-order chi connectivity index (χ1) is 27.9. The van der Waals surface area contributed by atoms with E-state index in [9.17, 15) is 20.4 Å². The third-order valence-electron chi connectivity index (χ3n) is 11.8. The number of imidazole rings is 1. The van der Waals surface area contributed by atoms with Gasteiger partial charge in [-0.3, -0.25) is 4.90 Å². The summed E-state index contributed by atoms with van der Waals surface area (Å²) in [7, 11) is -0.855. The lowest BCUT2D eigenvalue weighted by Gasteiger charge is -2.52. The average Bonchev–Trinajstić information content (AvgIpc) is 3.94. The van der Waals surface area contributed by atoms with Crippen LogP contribution in [0.1, 0.15) is 98.4 Å². The van der Waals surface area contributed by atoms with Gasteiger partial charge >= 0.3 is 6.09 Å². The highest BCUT2D eigenvalue weighted by molar-refractivity contribution is 6.77. The lowest BCUT2D eigenvalue weighted by molar-refractivity contribution is 0.00285. The highest BCUT2D eigenvalue weighted by Crippen LogP contribution is 2.46. The van der Waals surface area contributed by atoms with Crippen LogP contribution in [0.3, 0.4) is 0 Å². The van der Waals surface area contributed by atoms with Crippen LogP contribution < -0.4 is 19.9 Å². The first kappa shape index (κ1) is 43.5. The minimum atomic E-state index is -2.49. The van der Waals surface area contributed by atoms with Crippen LogP contribution in [0.25, 0.3) is 5.65 Å². The number of aromatic nitrogens is 4. The third kappa shape index (κ3) is 8.79. The number of nitrogens with one attached hydrogen (secondary N) is 1. The zero-order valence-electron chi connectivity index (χ0n) is 35.8. The van der Waals surface area contributed by atoms with Gasteiger partial charge in [0.25, 0.3) is 0 Å². The number of carboxylic acid groups (broad SMARTS) is 1. The number of hydrogen-bond acceptors (Lipinski definition) is 11. The number of amides is 1. The fourth-order valence-electron chi connectivity index (χ4n) is 9.13. The molecule has 1 amide bonds. The maximum atomic E-state index is 13.0. The minimum Gasteiger partial charge on any atom is -0.497 e. The Hall–Kier alpha value is -5.09. The largest absolute Gasteiger partial charge is 0.497 e. The van der Waals surface area contributed by atoms with E-state index in [1.807, 2.05) is 45.0 Å². The topological polar surface area (TPSA) is 168 Å². The van der Waals surface area contributed by atoms with Gasteiger partial charge in [0.15, 0.2) is 17.2 Å². The van der Waals surface area contributed by atoms with Crippen LogP contribution in [0.4, 0.5) is 27.9 Å². The summed E-state index contributed by atoms with van der Waals surface area (Å²) in [6.45, 7) is 20.5. The number of nitrogens with zero attached hydrogens (tertiary/aromatic N) is 9. The molecule has 16 heteroatoms. The molecule has 0 radical (unpaired) electrons. The summed E-state index contributed by atoms with van der Waals surface area (Å²) in [5, 5.41) is 39.3. The summed E-state index contributed by atoms with van der Waals surface area (Å²) >= 11 is 7.33. The van der Waals surface area contributed by atoms with Crippen molar-refractivity contribution in [2.75, 3.05) is 35.3 Å². The number of ether oxygens (including phenoxy) is 1. The van der Waals surface area contributed by atoms with E-state index in [1.54, 1.807) is 24.1 Å². The Morgan fingerprint density at radius 1 is 1.05 bits per heavy atom. The van der Waals surface area contributed by atoms with Crippen LogP contribution in [-0.2, 0) is 11.0 Å². The standard InChI is InChI=1S/C43H57ClN10O4Si/c1-26(2)59(27(3)4,28(5)6)58-37-25-51(18-17-35(37)53(42(55)56)43(7,8)9)36-20-30(21-45)19-34(38(36)44)48-41-49-40(39-47-23-32(22-46)54(39)50-41)52(31-13-14-31)24-29-11-15-33(57-10)16-12-29/h11-12,15-16,19-20,23,26-28,31,35,37H,13-14,17-18,24-25H2,1-10H3,(H,48,50)(H,55,56)/t35-,37+/m1/s1. The quantitative estimate of drug-likeness (QED) is 0.116. The molecule has 314 valence electrons. The van der Waals surface area contributed by atoms with Gasteiger partial charge in [-0.25, -0.2) is 9.78 Å². The molecule has 1 aliphatic carbocycles. The van der Waals surface area contributed by atoms with Crippen molar-refractivity contribution >= 4 is 54.8 Å². The zero-order valence-corrected chi connectivity index (χ0v) is 37.6. The van der Waals surface area contributed by atoms with E-state index < -0.39 is 32.1 Å². The van der Waals surface area contributed by atoms with Crippen molar-refractivity contribution in [1.29, 1.82) is 10.5 Å². The second kappa shape index (κ2) is 17.2. The maximum absolute atomic E-state index is 13.0. The molecule has 0 spiro atoms. The van der Waals surface area contributed by atoms with Gasteiger partial charge in [0.2, 0.25) is 14.3 Å². The lowest BCUT2D eigenvalue weighted by atomic mass is 9.94. The molecule has 2 N–H and O–H groups in total. The molecule has 3 heterocycles. The van der Waals surface area contributed by atoms with E-state index in [0.29, 0.717) is 59.5 Å². The molecule has 0 bridgehead atoms. The van der Waals surface area contributed by atoms with Crippen LogP contribution in [0.2, 0.25) is 21.6 Å². The van der Waals surface area contributed by atoms with Gasteiger partial charge in [-0.15, -0.1) is 5.10 Å². The number of hydrogen-bond donors (Lipinski definition) is 2. The fraction of sp³-hybridized carbons (Fsp3) is 0.535. The molecule has 4 aromatic rings. The number of benzene rings is 2. The molecule has 1 saturated heterocycles. The van der Waals surface area contributed by atoms with Gasteiger partial charge in [-0.2, -0.15) is 20.0 Å². The van der Waals surface area contributed by atoms with Crippen LogP contribution in [0, 0.1) is 22.7 Å². The lowest BCUT2D eigenvalue weighted by Crippen LogP contribution is -2.64. The molecule has 2 atom stereocenters. The molecule has 2 aliphatic rings. The Balaban J connectivity index is 1.40. The van der Waals surface area contributed by atoms with Crippen LogP contribution in [0.5, 0.6) is 5.75 Å². The smallest absolute Gasteiger partial charge is 0.408 e. The van der Waals surface area contributed by atoms with Gasteiger partial charge < -0.3 is 29.4 Å². The Bertz CT molecular complexity index is 2220. The van der Waals surface area contributed by atoms with Gasteiger partial charge in [-0.05, 0) is 86.5 Å². The molecule has 2 aromatic heterocycles. The van der Waals surface area contributed by atoms with Crippen LogP contribution in [0.15, 0.2) is 42.6 Å². The van der Waals surface area contributed by atoms with Crippen molar-refractivity contribution in [3.05, 3.63) is 64.4 Å². The molecule has 2 fully saturated rings. The van der Waals surface area contributed by atoms with Crippen molar-refractivity contribution < 1.29 is 19.1 Å². The van der Waals surface area contributed by atoms with Gasteiger partial charge in [0, 0.05) is 31.2 Å². The molecule has 59 heavy (non-hydrogen) atoms. The SMILES string of the molecule is COc1ccc(CN(c2nc(Nc3cc(C#N)cc(N4CC[C@@H](N(C(=O)O)C(C)(C)C)[C@@H](O[Si](C(C)C)(C(C)C)C(C)C)C4)c3Cl)nn3c(C#N)cnc23)C2CC2)cc1. The van der Waals surface area contributed by atoms with E-state index in [1.165, 1.54) is 10.7 Å². The van der Waals surface area contributed by atoms with Crippen LogP contribution in [-0.4, -0.2) is 87.9 Å². The number of anilines is 4. The molecule has 14 nitrogen and oxygen atoms in total. The van der Waals surface area contributed by atoms with Crippen LogP contribution >= 0.6 is 11.6 Å². The number of rotatable bonds is 14. The molecular weight excluding hydrogens is 784 g/mol. The number of methoxy groups -OCH3 is 1. The predicted octanol–water partition coefficient (Wildman–Crippen LogP) is 9.36. The van der Waals surface area contributed by atoms with Gasteiger partial charge in [-0.1, -0.05) is 65.3 Å². The summed E-state index contributed by atoms with van der Waals surface area (Å²) in [5.41, 5.74) is 3.31. The first-order valence-corrected chi connectivity index (χ1v) is 23.0. The van der Waals surface area contributed by atoms with Crippen molar-refractivity contribution in [2.45, 2.75) is 128 Å². The van der Waals surface area contributed by atoms with E-state index in [4.69, 9.17) is 30.8 Å². The molecule has 2 aromatic carbocycles. The summed E-state index contributed by atoms with van der Waals surface area (Å²) < 4.78 is 14.3. The van der Waals surface area contributed by atoms with Crippen molar-refractivity contribution in [1.82, 2.24) is 24.5 Å². The van der Waals surface area contributed by atoms with E-state index in [0.717, 1.165) is 24.2 Å². The van der Waals surface area contributed by atoms with Crippen molar-refractivity contribution in [2.24, 2.45) is 0 Å². The number of piperidine rings is 1. The first-order valence-electron chi connectivity index (χ1n) is 20.4. The third-order valence-corrected chi connectivity index (χ3v) is 18.4. The van der Waals surface area contributed by atoms with Crippen molar-refractivity contribution in [3.8, 4) is 17.9 Å². The fourth-order valence-corrected chi connectivity index (χ4v) is 15.0. The minimum absolute atomic E-state index is 0.175. The monoisotopic (exact) mass is 840 g/mol. The number of nitriles is 2. The number of carbonyl (C=O) groups is 1. The molecular formula is C43H57ClN10O4Si. The Labute approximate surface area is 353 Å². The molecule has 1 saturated carbocycles. The van der Waals surface area contributed by atoms with E-state index in [-0.39, 0.29) is 34.3 Å².